The molecule has 0 aliphatic carbocycles. The molecule has 0 aromatic carbocycles. The Morgan fingerprint density at radius 1 is 1.41 bits per heavy atom. The number of aromatic nitrogens is 1. The van der Waals surface area contributed by atoms with E-state index in [2.05, 4.69) is 4.98 Å². The Hall–Kier alpha value is -1.30. The van der Waals surface area contributed by atoms with Gasteiger partial charge in [-0.25, -0.2) is 4.98 Å². The molecule has 1 fully saturated rings. The lowest BCUT2D eigenvalue weighted by Crippen LogP contribution is -2.33. The number of alkyl halides is 3. The Balaban J connectivity index is 2.27. The van der Waals surface area contributed by atoms with Crippen LogP contribution in [0.2, 0.25) is 0 Å². The second-order valence-corrected chi connectivity index (χ2v) is 4.05. The monoisotopic (exact) mass is 246 g/mol. The number of pyridine rings is 1. The van der Waals surface area contributed by atoms with Crippen molar-refractivity contribution >= 4 is 5.82 Å². The molecule has 1 saturated heterocycles. The van der Waals surface area contributed by atoms with E-state index in [1.165, 1.54) is 6.07 Å². The van der Waals surface area contributed by atoms with Crippen LogP contribution in [0.25, 0.3) is 0 Å². The Morgan fingerprint density at radius 3 is 2.82 bits per heavy atom. The van der Waals surface area contributed by atoms with Crippen molar-refractivity contribution in [3.8, 4) is 0 Å². The summed E-state index contributed by atoms with van der Waals surface area (Å²) in [6, 6.07) is 3.72. The van der Waals surface area contributed by atoms with E-state index in [4.69, 9.17) is 5.11 Å². The van der Waals surface area contributed by atoms with Gasteiger partial charge in [0.15, 0.2) is 0 Å². The van der Waals surface area contributed by atoms with Crippen molar-refractivity contribution in [2.75, 3.05) is 18.1 Å². The van der Waals surface area contributed by atoms with Crippen molar-refractivity contribution in [3.63, 3.8) is 0 Å². The molecule has 3 nitrogen and oxygen atoms in total. The molecule has 1 atom stereocenters. The number of nitrogens with zero attached hydrogens (tertiary/aromatic N) is 2. The van der Waals surface area contributed by atoms with Crippen LogP contribution in [0.1, 0.15) is 18.5 Å². The minimum atomic E-state index is -4.43. The Bertz CT molecular complexity index is 395. The molecule has 17 heavy (non-hydrogen) atoms. The van der Waals surface area contributed by atoms with Crippen molar-refractivity contribution in [1.82, 2.24) is 4.98 Å². The van der Waals surface area contributed by atoms with Gasteiger partial charge in [-0.2, -0.15) is 13.2 Å². The molecule has 1 aromatic heterocycles. The fourth-order valence-corrected chi connectivity index (χ4v) is 2.07. The topological polar surface area (TPSA) is 36.4 Å². The predicted molar refractivity (Wildman–Crippen MR) is 56.7 cm³/mol. The molecule has 1 aliphatic heterocycles. The van der Waals surface area contributed by atoms with Crippen LogP contribution in [0.15, 0.2) is 18.2 Å². The number of halogens is 3. The summed E-state index contributed by atoms with van der Waals surface area (Å²) < 4.78 is 37.5. The summed E-state index contributed by atoms with van der Waals surface area (Å²) >= 11 is 0. The quantitative estimate of drug-likeness (QED) is 0.867. The molecule has 0 spiro atoms. The molecule has 6 heteroatoms. The number of hydrogen-bond acceptors (Lipinski definition) is 3. The van der Waals surface area contributed by atoms with Crippen LogP contribution in [0.5, 0.6) is 0 Å². The highest BCUT2D eigenvalue weighted by Gasteiger charge is 2.33. The lowest BCUT2D eigenvalue weighted by molar-refractivity contribution is -0.141. The lowest BCUT2D eigenvalue weighted by Gasteiger charge is -2.24. The average Bonchev–Trinajstić information content (AvgIpc) is 2.76. The van der Waals surface area contributed by atoms with Crippen LogP contribution < -0.4 is 4.90 Å². The fraction of sp³-hybridized carbons (Fsp3) is 0.545. The Morgan fingerprint density at radius 2 is 2.18 bits per heavy atom. The SMILES string of the molecule is OCC1CCCN1c1cccc(C(F)(F)F)n1. The average molecular weight is 246 g/mol. The molecule has 94 valence electrons. The second kappa shape index (κ2) is 4.52. The zero-order valence-electron chi connectivity index (χ0n) is 9.11. The molecule has 1 N–H and O–H groups in total. The first-order chi connectivity index (χ1) is 8.02. The predicted octanol–water partition coefficient (Wildman–Crippen LogP) is 2.06. The van der Waals surface area contributed by atoms with Crippen LogP contribution >= 0.6 is 0 Å². The third kappa shape index (κ3) is 2.52. The van der Waals surface area contributed by atoms with Gasteiger partial charge in [0.05, 0.1) is 12.6 Å². The largest absolute Gasteiger partial charge is 0.433 e. The van der Waals surface area contributed by atoms with Crippen LogP contribution in [0, 0.1) is 0 Å². The normalized spacial score (nSPS) is 20.9. The minimum Gasteiger partial charge on any atom is -0.394 e. The molecular formula is C11H13F3N2O. The number of hydrogen-bond donors (Lipinski definition) is 1. The zero-order chi connectivity index (χ0) is 12.5. The van der Waals surface area contributed by atoms with E-state index < -0.39 is 11.9 Å². The van der Waals surface area contributed by atoms with Gasteiger partial charge >= 0.3 is 6.18 Å². The van der Waals surface area contributed by atoms with Gasteiger partial charge in [-0.3, -0.25) is 0 Å². The van der Waals surface area contributed by atoms with E-state index in [1.54, 1.807) is 11.0 Å². The van der Waals surface area contributed by atoms with Crippen molar-refractivity contribution in [1.29, 1.82) is 0 Å². The smallest absolute Gasteiger partial charge is 0.394 e. The van der Waals surface area contributed by atoms with Gasteiger partial charge in [-0.1, -0.05) is 6.07 Å². The van der Waals surface area contributed by atoms with Crippen molar-refractivity contribution in [3.05, 3.63) is 23.9 Å². The standard InChI is InChI=1S/C11H13F3N2O/c12-11(13,14)9-4-1-5-10(15-9)16-6-2-3-8(16)7-17/h1,4-5,8,17H,2-3,6-7H2. The van der Waals surface area contributed by atoms with E-state index in [0.717, 1.165) is 18.9 Å². The molecule has 1 aliphatic rings. The van der Waals surface area contributed by atoms with Gasteiger partial charge < -0.3 is 10.0 Å². The number of rotatable bonds is 2. The maximum atomic E-state index is 12.5. The van der Waals surface area contributed by atoms with Gasteiger partial charge in [-0.05, 0) is 25.0 Å². The number of aliphatic hydroxyl groups is 1. The summed E-state index contributed by atoms with van der Waals surface area (Å²) in [6.07, 6.45) is -2.78. The first-order valence-electron chi connectivity index (χ1n) is 5.44. The lowest BCUT2D eigenvalue weighted by atomic mass is 10.2. The van der Waals surface area contributed by atoms with Gasteiger partial charge in [0.1, 0.15) is 11.5 Å². The molecule has 2 rings (SSSR count). The maximum Gasteiger partial charge on any atom is 0.433 e. The van der Waals surface area contributed by atoms with Crippen LogP contribution in [0.3, 0.4) is 0 Å². The van der Waals surface area contributed by atoms with Crippen LogP contribution in [0.4, 0.5) is 19.0 Å². The Labute approximate surface area is 96.9 Å². The Kier molecular flexibility index (Phi) is 3.24. The van der Waals surface area contributed by atoms with Gasteiger partial charge in [0.25, 0.3) is 0 Å². The highest BCUT2D eigenvalue weighted by molar-refractivity contribution is 5.42. The van der Waals surface area contributed by atoms with Gasteiger partial charge in [-0.15, -0.1) is 0 Å². The second-order valence-electron chi connectivity index (χ2n) is 4.05. The third-order valence-corrected chi connectivity index (χ3v) is 2.91. The molecule has 1 aromatic rings. The summed E-state index contributed by atoms with van der Waals surface area (Å²) in [5, 5.41) is 9.14. The van der Waals surface area contributed by atoms with Gasteiger partial charge in [0, 0.05) is 6.54 Å². The summed E-state index contributed by atoms with van der Waals surface area (Å²) in [5.74, 6) is 0.288. The molecule has 0 saturated carbocycles. The zero-order valence-corrected chi connectivity index (χ0v) is 9.11. The first-order valence-corrected chi connectivity index (χ1v) is 5.44. The molecule has 1 unspecified atom stereocenters. The number of aliphatic hydroxyl groups excluding tert-OH is 1. The number of anilines is 1. The fourth-order valence-electron chi connectivity index (χ4n) is 2.07. The molecule has 0 bridgehead atoms. The van der Waals surface area contributed by atoms with Crippen molar-refractivity contribution in [2.24, 2.45) is 0 Å². The summed E-state index contributed by atoms with van der Waals surface area (Å²) in [5.41, 5.74) is -0.890. The highest BCUT2D eigenvalue weighted by atomic mass is 19.4. The van der Waals surface area contributed by atoms with Gasteiger partial charge in [0.2, 0.25) is 0 Å². The van der Waals surface area contributed by atoms with E-state index in [-0.39, 0.29) is 18.5 Å². The van der Waals surface area contributed by atoms with Crippen molar-refractivity contribution < 1.29 is 18.3 Å². The first kappa shape index (κ1) is 12.2. The molecule has 2 heterocycles. The third-order valence-electron chi connectivity index (χ3n) is 2.91. The van der Waals surface area contributed by atoms with Crippen LogP contribution in [-0.2, 0) is 6.18 Å². The van der Waals surface area contributed by atoms with E-state index in [9.17, 15) is 13.2 Å². The van der Waals surface area contributed by atoms with E-state index in [0.29, 0.717) is 6.54 Å². The summed E-state index contributed by atoms with van der Waals surface area (Å²) in [6.45, 7) is 0.581. The molecule has 0 amide bonds. The van der Waals surface area contributed by atoms with E-state index in [1.807, 2.05) is 0 Å². The molecular weight excluding hydrogens is 233 g/mol. The summed E-state index contributed by atoms with van der Waals surface area (Å²) in [7, 11) is 0. The summed E-state index contributed by atoms with van der Waals surface area (Å²) in [4.78, 5) is 5.35. The highest BCUT2D eigenvalue weighted by Crippen LogP contribution is 2.30. The van der Waals surface area contributed by atoms with Crippen LogP contribution in [-0.4, -0.2) is 29.3 Å². The molecule has 0 radical (unpaired) electrons. The van der Waals surface area contributed by atoms with E-state index >= 15 is 0 Å². The maximum absolute atomic E-state index is 12.5. The minimum absolute atomic E-state index is 0.0576. The van der Waals surface area contributed by atoms with Crippen molar-refractivity contribution in [2.45, 2.75) is 25.1 Å².